The summed E-state index contributed by atoms with van der Waals surface area (Å²) in [6.07, 6.45) is -2.54. The van der Waals surface area contributed by atoms with Crippen molar-refractivity contribution >= 4 is 49.0 Å². The quantitative estimate of drug-likeness (QED) is 0.674. The summed E-state index contributed by atoms with van der Waals surface area (Å²) in [7, 11) is 0. The van der Waals surface area contributed by atoms with E-state index >= 15 is 0 Å². The van der Waals surface area contributed by atoms with Crippen LogP contribution < -0.4 is 0 Å². The first-order valence-electron chi connectivity index (χ1n) is 3.74. The first-order valence-corrected chi connectivity index (χ1v) is 5.79. The molecule has 0 fully saturated rings. The molecule has 0 aliphatic rings. The fourth-order valence-electron chi connectivity index (χ4n) is 1.29. The summed E-state index contributed by atoms with van der Waals surface area (Å²) in [4.78, 5) is 0. The molecule has 2 aromatic rings. The molecule has 0 aliphatic carbocycles. The van der Waals surface area contributed by atoms with E-state index in [1.165, 1.54) is 11.3 Å². The summed E-state index contributed by atoms with van der Waals surface area (Å²) in [5.41, 5.74) is -0.0858. The van der Waals surface area contributed by atoms with Crippen LogP contribution in [0.1, 0.15) is 12.0 Å². The van der Waals surface area contributed by atoms with Crippen molar-refractivity contribution in [2.45, 2.75) is 6.43 Å². The number of fused-ring (bicyclic) bond motifs is 1. The van der Waals surface area contributed by atoms with Gasteiger partial charge in [0.25, 0.3) is 6.43 Å². The van der Waals surface area contributed by atoms with Crippen LogP contribution in [0, 0.1) is 0 Å². The third kappa shape index (κ3) is 1.55. The van der Waals surface area contributed by atoms with Crippen molar-refractivity contribution in [3.63, 3.8) is 0 Å². The summed E-state index contributed by atoms with van der Waals surface area (Å²) >= 11 is 10.4. The molecule has 0 bridgehead atoms. The van der Waals surface area contributed by atoms with E-state index < -0.39 is 6.43 Å². The molecule has 14 heavy (non-hydrogen) atoms. The highest BCUT2D eigenvalue weighted by Gasteiger charge is 2.18. The molecule has 1 aromatic carbocycles. The fraction of sp³-hybridized carbons (Fsp3) is 0.111. The lowest BCUT2D eigenvalue weighted by Crippen LogP contribution is -1.87. The van der Waals surface area contributed by atoms with Gasteiger partial charge >= 0.3 is 0 Å². The molecule has 5 heteroatoms. The van der Waals surface area contributed by atoms with E-state index in [1.807, 2.05) is 0 Å². The zero-order valence-electron chi connectivity index (χ0n) is 6.73. The van der Waals surface area contributed by atoms with Crippen molar-refractivity contribution in [3.05, 3.63) is 32.6 Å². The summed E-state index contributed by atoms with van der Waals surface area (Å²) in [6, 6.07) is 3.42. The van der Waals surface area contributed by atoms with E-state index in [0.29, 0.717) is 9.86 Å². The Hall–Kier alpha value is -0.190. The van der Waals surface area contributed by atoms with Crippen LogP contribution in [0.25, 0.3) is 10.1 Å². The van der Waals surface area contributed by atoms with Crippen LogP contribution in [-0.2, 0) is 0 Å². The van der Waals surface area contributed by atoms with Gasteiger partial charge in [0, 0.05) is 20.1 Å². The smallest absolute Gasteiger partial charge is 0.205 e. The molecule has 2 rings (SSSR count). The maximum Gasteiger partial charge on any atom is 0.265 e. The second-order valence-electron chi connectivity index (χ2n) is 2.72. The average Bonchev–Trinajstić information content (AvgIpc) is 2.52. The summed E-state index contributed by atoms with van der Waals surface area (Å²) < 4.78 is 26.8. The highest BCUT2D eigenvalue weighted by Crippen LogP contribution is 2.40. The van der Waals surface area contributed by atoms with Gasteiger partial charge in [0.05, 0.1) is 5.02 Å². The molecule has 0 spiro atoms. The summed E-state index contributed by atoms with van der Waals surface area (Å²) in [5.74, 6) is 0. The van der Waals surface area contributed by atoms with Gasteiger partial charge in [0.2, 0.25) is 0 Å². The molecule has 0 amide bonds. The molecule has 1 aromatic heterocycles. The Morgan fingerprint density at radius 2 is 2.14 bits per heavy atom. The van der Waals surface area contributed by atoms with Gasteiger partial charge < -0.3 is 0 Å². The van der Waals surface area contributed by atoms with E-state index in [2.05, 4.69) is 15.9 Å². The van der Waals surface area contributed by atoms with Gasteiger partial charge in [0.1, 0.15) is 0 Å². The predicted octanol–water partition coefficient (Wildman–Crippen LogP) is 5.25. The Labute approximate surface area is 96.6 Å². The van der Waals surface area contributed by atoms with E-state index in [0.717, 1.165) is 4.70 Å². The van der Waals surface area contributed by atoms with E-state index in [9.17, 15) is 8.78 Å². The SMILES string of the molecule is FC(F)c1c(Cl)c(Br)cc2sccc12. The molecular formula is C9H4BrClF2S. The number of alkyl halides is 2. The van der Waals surface area contributed by atoms with Gasteiger partial charge in [-0.25, -0.2) is 8.78 Å². The maximum absolute atomic E-state index is 12.7. The molecule has 0 nitrogen and oxygen atoms in total. The second-order valence-corrected chi connectivity index (χ2v) is 4.90. The van der Waals surface area contributed by atoms with Crippen LogP contribution in [0.2, 0.25) is 5.02 Å². The highest BCUT2D eigenvalue weighted by atomic mass is 79.9. The largest absolute Gasteiger partial charge is 0.265 e. The topological polar surface area (TPSA) is 0 Å². The van der Waals surface area contributed by atoms with Crippen molar-refractivity contribution in [2.24, 2.45) is 0 Å². The minimum absolute atomic E-state index is 0.0858. The Kier molecular flexibility index (Phi) is 2.77. The van der Waals surface area contributed by atoms with Gasteiger partial charge in [-0.15, -0.1) is 11.3 Å². The Bertz CT molecular complexity index is 481. The van der Waals surface area contributed by atoms with E-state index in [-0.39, 0.29) is 10.6 Å². The molecule has 1 heterocycles. The van der Waals surface area contributed by atoms with Gasteiger partial charge in [-0.1, -0.05) is 11.6 Å². The first-order chi connectivity index (χ1) is 6.61. The standard InChI is InChI=1S/C9H4BrClF2S/c10-5-3-6-4(1-2-14-6)7(8(5)11)9(12)13/h1-3,9H. The van der Waals surface area contributed by atoms with Gasteiger partial charge in [-0.3, -0.25) is 0 Å². The first kappa shape index (κ1) is 10.3. The maximum atomic E-state index is 12.7. The fourth-order valence-corrected chi connectivity index (χ4v) is 2.97. The minimum Gasteiger partial charge on any atom is -0.205 e. The molecule has 0 radical (unpaired) electrons. The van der Waals surface area contributed by atoms with Crippen LogP contribution in [0.3, 0.4) is 0 Å². The number of hydrogen-bond acceptors (Lipinski definition) is 1. The van der Waals surface area contributed by atoms with Gasteiger partial charge in [0.15, 0.2) is 0 Å². The van der Waals surface area contributed by atoms with Crippen LogP contribution in [0.4, 0.5) is 8.78 Å². The zero-order chi connectivity index (χ0) is 10.3. The second kappa shape index (κ2) is 3.76. The summed E-state index contributed by atoms with van der Waals surface area (Å²) in [6.45, 7) is 0. The normalized spacial score (nSPS) is 11.5. The molecule has 74 valence electrons. The average molecular weight is 298 g/mol. The van der Waals surface area contributed by atoms with Crippen molar-refractivity contribution in [1.82, 2.24) is 0 Å². The molecule has 0 N–H and O–H groups in total. The molecular weight excluding hydrogens is 294 g/mol. The Morgan fingerprint density at radius 1 is 1.43 bits per heavy atom. The molecule has 0 unspecified atom stereocenters. The molecule has 0 aliphatic heterocycles. The van der Waals surface area contributed by atoms with Crippen LogP contribution in [0.5, 0.6) is 0 Å². The lowest BCUT2D eigenvalue weighted by molar-refractivity contribution is 0.153. The van der Waals surface area contributed by atoms with Gasteiger partial charge in [-0.05, 0) is 33.4 Å². The highest BCUT2D eigenvalue weighted by molar-refractivity contribution is 9.10. The van der Waals surface area contributed by atoms with Crippen molar-refractivity contribution < 1.29 is 8.78 Å². The lowest BCUT2D eigenvalue weighted by Gasteiger charge is -2.06. The van der Waals surface area contributed by atoms with Crippen LogP contribution >= 0.6 is 38.9 Å². The molecule has 0 saturated heterocycles. The van der Waals surface area contributed by atoms with E-state index in [4.69, 9.17) is 11.6 Å². The van der Waals surface area contributed by atoms with E-state index in [1.54, 1.807) is 17.5 Å². The molecule has 0 atom stereocenters. The number of hydrogen-bond donors (Lipinski definition) is 0. The summed E-state index contributed by atoms with van der Waals surface area (Å²) in [5, 5.41) is 2.42. The number of rotatable bonds is 1. The van der Waals surface area contributed by atoms with Crippen LogP contribution in [0.15, 0.2) is 22.0 Å². The van der Waals surface area contributed by atoms with Crippen molar-refractivity contribution in [3.8, 4) is 0 Å². The number of benzene rings is 1. The number of halogens is 4. The Morgan fingerprint density at radius 3 is 2.79 bits per heavy atom. The lowest BCUT2D eigenvalue weighted by atomic mass is 10.1. The molecule has 0 saturated carbocycles. The van der Waals surface area contributed by atoms with Gasteiger partial charge in [-0.2, -0.15) is 0 Å². The Balaban J connectivity index is 2.86. The number of thiophene rings is 1. The third-order valence-electron chi connectivity index (χ3n) is 1.91. The van der Waals surface area contributed by atoms with Crippen LogP contribution in [-0.4, -0.2) is 0 Å². The zero-order valence-corrected chi connectivity index (χ0v) is 9.89. The predicted molar refractivity (Wildman–Crippen MR) is 59.5 cm³/mol. The van der Waals surface area contributed by atoms with Crippen molar-refractivity contribution in [2.75, 3.05) is 0 Å². The minimum atomic E-state index is -2.54. The third-order valence-corrected chi connectivity index (χ3v) is 4.03. The monoisotopic (exact) mass is 296 g/mol. The van der Waals surface area contributed by atoms with Crippen molar-refractivity contribution in [1.29, 1.82) is 0 Å².